The lowest BCUT2D eigenvalue weighted by Gasteiger charge is -2.22. The van der Waals surface area contributed by atoms with E-state index in [0.29, 0.717) is 6.61 Å². The number of likely N-dealkylation sites (N-methyl/N-ethyl adjacent to an activating group) is 1. The minimum Gasteiger partial charge on any atom is -0.488 e. The van der Waals surface area contributed by atoms with Crippen LogP contribution in [0.4, 0.5) is 0 Å². The summed E-state index contributed by atoms with van der Waals surface area (Å²) in [6.45, 7) is 1.25. The number of rotatable bonds is 3. The van der Waals surface area contributed by atoms with Gasteiger partial charge in [0.15, 0.2) is 0 Å². The Kier molecular flexibility index (Phi) is 2.82. The summed E-state index contributed by atoms with van der Waals surface area (Å²) in [6.07, 6.45) is 4.47. The minimum absolute atomic E-state index is 0.0939. The zero-order valence-electron chi connectivity index (χ0n) is 10.6. The van der Waals surface area contributed by atoms with Gasteiger partial charge in [-0.25, -0.2) is 0 Å². The summed E-state index contributed by atoms with van der Waals surface area (Å²) < 4.78 is 5.61. The van der Waals surface area contributed by atoms with Crippen molar-refractivity contribution in [1.29, 1.82) is 0 Å². The van der Waals surface area contributed by atoms with Crippen LogP contribution in [0.1, 0.15) is 18.4 Å². The molecule has 0 radical (unpaired) electrons. The van der Waals surface area contributed by atoms with Gasteiger partial charge in [-0.3, -0.25) is 4.79 Å². The fourth-order valence-corrected chi connectivity index (χ4v) is 2.26. The Bertz CT molecular complexity index is 503. The Labute approximate surface area is 107 Å². The Hall–Kier alpha value is -1.77. The van der Waals surface area contributed by atoms with Crippen LogP contribution in [0.15, 0.2) is 29.8 Å². The second kappa shape index (κ2) is 4.48. The second-order valence-corrected chi connectivity index (χ2v) is 5.13. The Morgan fingerprint density at radius 1 is 1.39 bits per heavy atom. The van der Waals surface area contributed by atoms with E-state index in [1.165, 1.54) is 12.8 Å². The van der Waals surface area contributed by atoms with Gasteiger partial charge in [0.2, 0.25) is 0 Å². The molecule has 1 aliphatic heterocycles. The van der Waals surface area contributed by atoms with E-state index in [1.807, 2.05) is 42.3 Å². The van der Waals surface area contributed by atoms with Gasteiger partial charge in [0.1, 0.15) is 12.4 Å². The number of amides is 1. The van der Waals surface area contributed by atoms with Crippen LogP contribution in [0, 0.1) is 5.92 Å². The van der Waals surface area contributed by atoms with E-state index in [4.69, 9.17) is 4.74 Å². The largest absolute Gasteiger partial charge is 0.488 e. The molecular weight excluding hydrogens is 226 g/mol. The standard InChI is InChI=1S/C15H17NO2/c1-16(9-11-6-7-11)15(17)13-8-12-4-2-3-5-14(12)18-10-13/h2-5,8,11H,6-7,9-10H2,1H3. The smallest absolute Gasteiger partial charge is 0.253 e. The van der Waals surface area contributed by atoms with Gasteiger partial charge in [0.05, 0.1) is 5.57 Å². The SMILES string of the molecule is CN(CC1CC1)C(=O)C1=Cc2ccccc2OC1. The number of benzene rings is 1. The summed E-state index contributed by atoms with van der Waals surface area (Å²) in [4.78, 5) is 14.1. The highest BCUT2D eigenvalue weighted by molar-refractivity contribution is 5.99. The molecule has 0 aromatic heterocycles. The van der Waals surface area contributed by atoms with Gasteiger partial charge in [-0.15, -0.1) is 0 Å². The maximum absolute atomic E-state index is 12.2. The van der Waals surface area contributed by atoms with Gasteiger partial charge in [-0.05, 0) is 30.9 Å². The first-order valence-electron chi connectivity index (χ1n) is 6.42. The molecule has 1 heterocycles. The van der Waals surface area contributed by atoms with Gasteiger partial charge in [0.25, 0.3) is 5.91 Å². The van der Waals surface area contributed by atoms with Crippen molar-refractivity contribution in [3.8, 4) is 5.75 Å². The molecule has 0 N–H and O–H groups in total. The summed E-state index contributed by atoms with van der Waals surface area (Å²) in [5.41, 5.74) is 1.74. The molecule has 0 bridgehead atoms. The molecule has 1 aliphatic carbocycles. The van der Waals surface area contributed by atoms with Crippen LogP contribution in [-0.2, 0) is 4.79 Å². The average Bonchev–Trinajstić information content (AvgIpc) is 3.21. The lowest BCUT2D eigenvalue weighted by atomic mass is 10.1. The molecule has 0 spiro atoms. The average molecular weight is 243 g/mol. The van der Waals surface area contributed by atoms with Crippen LogP contribution < -0.4 is 4.74 Å². The van der Waals surface area contributed by atoms with E-state index in [9.17, 15) is 4.79 Å². The van der Waals surface area contributed by atoms with E-state index in [2.05, 4.69) is 0 Å². The molecule has 1 saturated carbocycles. The molecule has 1 amide bonds. The fraction of sp³-hybridized carbons (Fsp3) is 0.400. The molecule has 0 saturated heterocycles. The predicted molar refractivity (Wildman–Crippen MR) is 70.3 cm³/mol. The van der Waals surface area contributed by atoms with Crippen molar-refractivity contribution in [2.45, 2.75) is 12.8 Å². The zero-order chi connectivity index (χ0) is 12.5. The number of nitrogens with zero attached hydrogens (tertiary/aromatic N) is 1. The highest BCUT2D eigenvalue weighted by atomic mass is 16.5. The van der Waals surface area contributed by atoms with Crippen molar-refractivity contribution in [3.63, 3.8) is 0 Å². The highest BCUT2D eigenvalue weighted by Gasteiger charge is 2.27. The second-order valence-electron chi connectivity index (χ2n) is 5.13. The fourth-order valence-electron chi connectivity index (χ4n) is 2.26. The predicted octanol–water partition coefficient (Wildman–Crippen LogP) is 2.33. The number of hydrogen-bond donors (Lipinski definition) is 0. The van der Waals surface area contributed by atoms with E-state index in [1.54, 1.807) is 0 Å². The summed E-state index contributed by atoms with van der Waals surface area (Å²) in [7, 11) is 1.88. The maximum Gasteiger partial charge on any atom is 0.253 e. The molecule has 0 atom stereocenters. The van der Waals surface area contributed by atoms with E-state index in [0.717, 1.165) is 29.3 Å². The van der Waals surface area contributed by atoms with E-state index >= 15 is 0 Å². The summed E-state index contributed by atoms with van der Waals surface area (Å²) in [5.74, 6) is 1.67. The zero-order valence-corrected chi connectivity index (χ0v) is 10.6. The number of carbonyl (C=O) groups excluding carboxylic acids is 1. The third kappa shape index (κ3) is 2.26. The van der Waals surface area contributed by atoms with Crippen LogP contribution in [0.5, 0.6) is 5.75 Å². The molecule has 1 fully saturated rings. The minimum atomic E-state index is 0.0939. The molecule has 2 aliphatic rings. The third-order valence-electron chi connectivity index (χ3n) is 3.48. The van der Waals surface area contributed by atoms with Crippen molar-refractivity contribution in [1.82, 2.24) is 4.90 Å². The monoisotopic (exact) mass is 243 g/mol. The van der Waals surface area contributed by atoms with Gasteiger partial charge < -0.3 is 9.64 Å². The Balaban J connectivity index is 1.76. The van der Waals surface area contributed by atoms with E-state index < -0.39 is 0 Å². The normalized spacial score (nSPS) is 17.5. The van der Waals surface area contributed by atoms with Crippen LogP contribution >= 0.6 is 0 Å². The van der Waals surface area contributed by atoms with Gasteiger partial charge in [0, 0.05) is 19.2 Å². The first-order chi connectivity index (χ1) is 8.74. The maximum atomic E-state index is 12.2. The summed E-state index contributed by atoms with van der Waals surface area (Å²) >= 11 is 0. The number of hydrogen-bond acceptors (Lipinski definition) is 2. The lowest BCUT2D eigenvalue weighted by Crippen LogP contribution is -2.32. The topological polar surface area (TPSA) is 29.5 Å². The van der Waals surface area contributed by atoms with Crippen LogP contribution in [0.3, 0.4) is 0 Å². The van der Waals surface area contributed by atoms with Gasteiger partial charge >= 0.3 is 0 Å². The molecule has 1 aromatic rings. The molecule has 3 nitrogen and oxygen atoms in total. The van der Waals surface area contributed by atoms with Crippen LogP contribution in [-0.4, -0.2) is 31.0 Å². The first kappa shape index (κ1) is 11.3. The number of ether oxygens (including phenoxy) is 1. The summed E-state index contributed by atoms with van der Waals surface area (Å²) in [6, 6.07) is 7.81. The third-order valence-corrected chi connectivity index (χ3v) is 3.48. The van der Waals surface area contributed by atoms with Crippen LogP contribution in [0.2, 0.25) is 0 Å². The molecular formula is C15H17NO2. The highest BCUT2D eigenvalue weighted by Crippen LogP contribution is 2.30. The first-order valence-corrected chi connectivity index (χ1v) is 6.42. The van der Waals surface area contributed by atoms with Gasteiger partial charge in [-0.1, -0.05) is 18.2 Å². The molecule has 94 valence electrons. The molecule has 0 unspecified atom stereocenters. The number of para-hydroxylation sites is 1. The van der Waals surface area contributed by atoms with Crippen LogP contribution in [0.25, 0.3) is 6.08 Å². The van der Waals surface area contributed by atoms with Crippen molar-refractivity contribution in [2.75, 3.05) is 20.2 Å². The number of carbonyl (C=O) groups is 1. The molecule has 3 rings (SSSR count). The van der Waals surface area contributed by atoms with Gasteiger partial charge in [-0.2, -0.15) is 0 Å². The molecule has 3 heteroatoms. The molecule has 1 aromatic carbocycles. The van der Waals surface area contributed by atoms with Crippen molar-refractivity contribution < 1.29 is 9.53 Å². The van der Waals surface area contributed by atoms with Crippen molar-refractivity contribution >= 4 is 12.0 Å². The Morgan fingerprint density at radius 3 is 2.94 bits per heavy atom. The number of fused-ring (bicyclic) bond motifs is 1. The van der Waals surface area contributed by atoms with Crippen molar-refractivity contribution in [3.05, 3.63) is 35.4 Å². The summed E-state index contributed by atoms with van der Waals surface area (Å²) in [5, 5.41) is 0. The lowest BCUT2D eigenvalue weighted by molar-refractivity contribution is -0.126. The molecule has 18 heavy (non-hydrogen) atoms. The van der Waals surface area contributed by atoms with Crippen molar-refractivity contribution in [2.24, 2.45) is 5.92 Å². The quantitative estimate of drug-likeness (QED) is 0.815. The Morgan fingerprint density at radius 2 is 2.17 bits per heavy atom. The van der Waals surface area contributed by atoms with E-state index in [-0.39, 0.29) is 5.91 Å².